The van der Waals surface area contributed by atoms with Gasteiger partial charge in [0.25, 0.3) is 0 Å². The number of hydrogen-bond donors (Lipinski definition) is 2. The molecule has 92 valence electrons. The Labute approximate surface area is 113 Å². The molecule has 0 aliphatic rings. The molecule has 0 saturated heterocycles. The van der Waals surface area contributed by atoms with E-state index in [0.29, 0.717) is 21.4 Å². The van der Waals surface area contributed by atoms with Crippen LogP contribution >= 0.6 is 23.2 Å². The van der Waals surface area contributed by atoms with Crippen LogP contribution in [0.15, 0.2) is 36.5 Å². The number of carbonyl (C=O) groups is 1. The molecule has 0 radical (unpaired) electrons. The summed E-state index contributed by atoms with van der Waals surface area (Å²) in [5.74, 6) is -1.07. The number of carboxylic acids is 1. The lowest BCUT2D eigenvalue weighted by atomic mass is 10.3. The summed E-state index contributed by atoms with van der Waals surface area (Å²) in [4.78, 5) is 14.4. The third-order valence-corrected chi connectivity index (χ3v) is 3.03. The Morgan fingerprint density at radius 1 is 1.22 bits per heavy atom. The van der Waals surface area contributed by atoms with E-state index >= 15 is 0 Å². The minimum Gasteiger partial charge on any atom is -0.477 e. The van der Waals surface area contributed by atoms with Crippen molar-refractivity contribution in [3.8, 4) is 0 Å². The second-order valence-electron chi connectivity index (χ2n) is 3.46. The van der Waals surface area contributed by atoms with Gasteiger partial charge in [0.2, 0.25) is 0 Å². The van der Waals surface area contributed by atoms with Crippen LogP contribution in [0.3, 0.4) is 0 Å². The average molecular weight is 283 g/mol. The maximum atomic E-state index is 10.6. The fourth-order valence-electron chi connectivity index (χ4n) is 1.35. The number of halogens is 2. The first kappa shape index (κ1) is 12.7. The van der Waals surface area contributed by atoms with Crippen molar-refractivity contribution in [2.24, 2.45) is 0 Å². The molecule has 2 aromatic rings. The van der Waals surface area contributed by atoms with E-state index in [9.17, 15) is 4.79 Å². The molecule has 0 spiro atoms. The first-order chi connectivity index (χ1) is 8.58. The van der Waals surface area contributed by atoms with Crippen LogP contribution in [0.2, 0.25) is 10.0 Å². The lowest BCUT2D eigenvalue weighted by molar-refractivity contribution is 0.0690. The van der Waals surface area contributed by atoms with Crippen LogP contribution in [0.1, 0.15) is 10.5 Å². The Kier molecular flexibility index (Phi) is 3.69. The second-order valence-corrected chi connectivity index (χ2v) is 4.25. The molecular weight excluding hydrogens is 275 g/mol. The predicted octanol–water partition coefficient (Wildman–Crippen LogP) is 3.83. The van der Waals surface area contributed by atoms with Crippen molar-refractivity contribution < 1.29 is 9.90 Å². The van der Waals surface area contributed by atoms with Gasteiger partial charge in [0.1, 0.15) is 5.69 Å². The van der Waals surface area contributed by atoms with Gasteiger partial charge in [-0.3, -0.25) is 0 Å². The van der Waals surface area contributed by atoms with Crippen molar-refractivity contribution in [1.82, 2.24) is 4.98 Å². The van der Waals surface area contributed by atoms with Crippen molar-refractivity contribution in [2.75, 3.05) is 5.32 Å². The number of pyridine rings is 1. The average Bonchev–Trinajstić information content (AvgIpc) is 2.36. The minimum absolute atomic E-state index is 0.0160. The zero-order chi connectivity index (χ0) is 13.1. The van der Waals surface area contributed by atoms with Crippen LogP contribution in [-0.2, 0) is 0 Å². The Balaban J connectivity index is 2.24. The van der Waals surface area contributed by atoms with Crippen LogP contribution in [-0.4, -0.2) is 16.1 Å². The third kappa shape index (κ3) is 2.72. The molecule has 0 aliphatic heterocycles. The van der Waals surface area contributed by atoms with Gasteiger partial charge < -0.3 is 10.4 Å². The van der Waals surface area contributed by atoms with Gasteiger partial charge in [-0.2, -0.15) is 0 Å². The first-order valence-corrected chi connectivity index (χ1v) is 5.74. The quantitative estimate of drug-likeness (QED) is 0.898. The molecule has 0 fully saturated rings. The first-order valence-electron chi connectivity index (χ1n) is 4.98. The van der Waals surface area contributed by atoms with Crippen molar-refractivity contribution in [3.63, 3.8) is 0 Å². The molecule has 1 aromatic heterocycles. The maximum Gasteiger partial charge on any atom is 0.354 e. The number of hydrogen-bond acceptors (Lipinski definition) is 3. The summed E-state index contributed by atoms with van der Waals surface area (Å²) in [6.07, 6.45) is 1.42. The smallest absolute Gasteiger partial charge is 0.354 e. The molecule has 0 unspecified atom stereocenters. The summed E-state index contributed by atoms with van der Waals surface area (Å²) < 4.78 is 0. The molecule has 0 bridgehead atoms. The standard InChI is InChI=1S/C12H8Cl2N2O2/c13-8-2-1-3-9(11(8)14)16-7-4-5-10(12(17)18)15-6-7/h1-6,16H,(H,17,18). The van der Waals surface area contributed by atoms with E-state index in [2.05, 4.69) is 10.3 Å². The topological polar surface area (TPSA) is 62.2 Å². The minimum atomic E-state index is -1.07. The molecule has 0 saturated carbocycles. The van der Waals surface area contributed by atoms with Gasteiger partial charge >= 0.3 is 5.97 Å². The van der Waals surface area contributed by atoms with Gasteiger partial charge in [0.05, 0.1) is 27.6 Å². The lowest BCUT2D eigenvalue weighted by Gasteiger charge is -2.08. The van der Waals surface area contributed by atoms with Crippen molar-refractivity contribution in [3.05, 3.63) is 52.3 Å². The summed E-state index contributed by atoms with van der Waals surface area (Å²) in [5, 5.41) is 12.6. The van der Waals surface area contributed by atoms with Crippen LogP contribution in [0, 0.1) is 0 Å². The number of benzene rings is 1. The zero-order valence-electron chi connectivity index (χ0n) is 9.02. The predicted molar refractivity (Wildman–Crippen MR) is 70.9 cm³/mol. The van der Waals surface area contributed by atoms with E-state index < -0.39 is 5.97 Å². The highest BCUT2D eigenvalue weighted by atomic mass is 35.5. The van der Waals surface area contributed by atoms with Crippen LogP contribution in [0.4, 0.5) is 11.4 Å². The molecule has 0 aliphatic carbocycles. The molecular formula is C12H8Cl2N2O2. The van der Waals surface area contributed by atoms with Crippen LogP contribution in [0.25, 0.3) is 0 Å². The maximum absolute atomic E-state index is 10.6. The lowest BCUT2D eigenvalue weighted by Crippen LogP contribution is -2.00. The number of carboxylic acid groups (broad SMARTS) is 1. The van der Waals surface area contributed by atoms with E-state index in [-0.39, 0.29) is 5.69 Å². The molecule has 1 heterocycles. The largest absolute Gasteiger partial charge is 0.477 e. The van der Waals surface area contributed by atoms with E-state index in [1.165, 1.54) is 12.3 Å². The Morgan fingerprint density at radius 3 is 2.61 bits per heavy atom. The van der Waals surface area contributed by atoms with Gasteiger partial charge in [-0.05, 0) is 24.3 Å². The molecule has 18 heavy (non-hydrogen) atoms. The number of aromatic carboxylic acids is 1. The van der Waals surface area contributed by atoms with Gasteiger partial charge in [-0.25, -0.2) is 9.78 Å². The van der Waals surface area contributed by atoms with Gasteiger partial charge in [-0.1, -0.05) is 29.3 Å². The Bertz CT molecular complexity index is 585. The molecule has 2 rings (SSSR count). The van der Waals surface area contributed by atoms with Crippen LogP contribution < -0.4 is 5.32 Å². The zero-order valence-corrected chi connectivity index (χ0v) is 10.5. The van der Waals surface area contributed by atoms with Gasteiger partial charge in [-0.15, -0.1) is 0 Å². The monoisotopic (exact) mass is 282 g/mol. The summed E-state index contributed by atoms with van der Waals surface area (Å²) in [7, 11) is 0. The fraction of sp³-hybridized carbons (Fsp3) is 0. The van der Waals surface area contributed by atoms with E-state index in [0.717, 1.165) is 0 Å². The molecule has 6 heteroatoms. The number of nitrogens with one attached hydrogen (secondary N) is 1. The Morgan fingerprint density at radius 2 is 2.00 bits per heavy atom. The number of rotatable bonds is 3. The normalized spacial score (nSPS) is 10.1. The molecule has 1 aromatic carbocycles. The van der Waals surface area contributed by atoms with Gasteiger partial charge in [0, 0.05) is 0 Å². The highest BCUT2D eigenvalue weighted by Gasteiger charge is 2.06. The highest BCUT2D eigenvalue weighted by molar-refractivity contribution is 6.43. The SMILES string of the molecule is O=C(O)c1ccc(Nc2cccc(Cl)c2Cl)cn1. The summed E-state index contributed by atoms with van der Waals surface area (Å²) >= 11 is 11.9. The molecule has 0 atom stereocenters. The highest BCUT2D eigenvalue weighted by Crippen LogP contribution is 2.31. The van der Waals surface area contributed by atoms with Crippen molar-refractivity contribution in [2.45, 2.75) is 0 Å². The fourth-order valence-corrected chi connectivity index (χ4v) is 1.70. The molecule has 4 nitrogen and oxygen atoms in total. The second kappa shape index (κ2) is 5.25. The van der Waals surface area contributed by atoms with Crippen LogP contribution in [0.5, 0.6) is 0 Å². The van der Waals surface area contributed by atoms with Gasteiger partial charge in [0.15, 0.2) is 0 Å². The van der Waals surface area contributed by atoms with Crippen molar-refractivity contribution >= 4 is 40.5 Å². The van der Waals surface area contributed by atoms with E-state index in [1.54, 1.807) is 24.3 Å². The summed E-state index contributed by atoms with van der Waals surface area (Å²) in [6.45, 7) is 0. The Hall–Kier alpha value is -1.78. The number of aromatic nitrogens is 1. The molecule has 0 amide bonds. The summed E-state index contributed by atoms with van der Waals surface area (Å²) in [5.41, 5.74) is 1.25. The van der Waals surface area contributed by atoms with E-state index in [1.807, 2.05) is 0 Å². The third-order valence-electron chi connectivity index (χ3n) is 2.21. The van der Waals surface area contributed by atoms with Crippen molar-refractivity contribution in [1.29, 1.82) is 0 Å². The summed E-state index contributed by atoms with van der Waals surface area (Å²) in [6, 6.07) is 8.21. The van der Waals surface area contributed by atoms with E-state index in [4.69, 9.17) is 28.3 Å². The number of anilines is 2. The number of nitrogens with zero attached hydrogens (tertiary/aromatic N) is 1. The molecule has 2 N–H and O–H groups in total.